The van der Waals surface area contributed by atoms with Gasteiger partial charge in [0.05, 0.1) is 11.6 Å². The van der Waals surface area contributed by atoms with Gasteiger partial charge in [-0.25, -0.2) is 4.79 Å². The number of aryl methyl sites for hydroxylation is 1. The van der Waals surface area contributed by atoms with E-state index in [4.69, 9.17) is 4.74 Å². The second-order valence-corrected chi connectivity index (χ2v) is 3.77. The Kier molecular flexibility index (Phi) is 4.42. The first-order valence-corrected chi connectivity index (χ1v) is 5.19. The van der Waals surface area contributed by atoms with Crippen molar-refractivity contribution >= 4 is 22.4 Å². The number of anilines is 1. The number of amides is 2. The van der Waals surface area contributed by atoms with Gasteiger partial charge in [0, 0.05) is 13.7 Å². The van der Waals surface area contributed by atoms with Crippen LogP contribution in [0.1, 0.15) is 5.56 Å². The molecule has 0 saturated carbocycles. The van der Waals surface area contributed by atoms with Gasteiger partial charge >= 0.3 is 6.03 Å². The van der Waals surface area contributed by atoms with Crippen LogP contribution in [0.3, 0.4) is 0 Å². The molecule has 78 valence electrons. The molecule has 1 aromatic rings. The van der Waals surface area contributed by atoms with Crippen molar-refractivity contribution in [2.75, 3.05) is 25.6 Å². The van der Waals surface area contributed by atoms with Crippen molar-refractivity contribution < 1.29 is 9.53 Å². The first kappa shape index (κ1) is 11.0. The maximum Gasteiger partial charge on any atom is 0.319 e. The van der Waals surface area contributed by atoms with Gasteiger partial charge in [0.25, 0.3) is 0 Å². The molecule has 0 aliphatic rings. The summed E-state index contributed by atoms with van der Waals surface area (Å²) < 4.78 is 4.81. The van der Waals surface area contributed by atoms with Crippen molar-refractivity contribution in [1.82, 2.24) is 5.32 Å². The van der Waals surface area contributed by atoms with Gasteiger partial charge in [0.2, 0.25) is 0 Å². The van der Waals surface area contributed by atoms with Crippen molar-refractivity contribution in [2.45, 2.75) is 6.92 Å². The summed E-state index contributed by atoms with van der Waals surface area (Å²) in [7, 11) is 1.60. The molecular formula is C9H14N2O2S. The quantitative estimate of drug-likeness (QED) is 0.751. The summed E-state index contributed by atoms with van der Waals surface area (Å²) in [5.41, 5.74) is 1.15. The van der Waals surface area contributed by atoms with E-state index in [0.717, 1.165) is 10.6 Å². The maximum atomic E-state index is 11.2. The molecule has 0 bridgehead atoms. The number of carbonyl (C=O) groups excluding carboxylic acids is 1. The lowest BCUT2D eigenvalue weighted by molar-refractivity contribution is 0.198. The van der Waals surface area contributed by atoms with Crippen LogP contribution in [0.2, 0.25) is 0 Å². The van der Waals surface area contributed by atoms with E-state index in [1.807, 2.05) is 18.4 Å². The molecular weight excluding hydrogens is 200 g/mol. The Balaban J connectivity index is 2.27. The van der Waals surface area contributed by atoms with Crippen LogP contribution in [0.15, 0.2) is 11.4 Å². The monoisotopic (exact) mass is 214 g/mol. The molecule has 1 heterocycles. The number of thiophene rings is 1. The van der Waals surface area contributed by atoms with Gasteiger partial charge in [0.1, 0.15) is 0 Å². The number of hydrogen-bond acceptors (Lipinski definition) is 3. The van der Waals surface area contributed by atoms with Crippen LogP contribution in [-0.2, 0) is 4.74 Å². The molecule has 5 heteroatoms. The molecule has 2 amide bonds. The maximum absolute atomic E-state index is 11.2. The van der Waals surface area contributed by atoms with Crippen molar-refractivity contribution in [3.05, 3.63) is 17.0 Å². The fraction of sp³-hybridized carbons (Fsp3) is 0.444. The van der Waals surface area contributed by atoms with Gasteiger partial charge in [-0.1, -0.05) is 0 Å². The Bertz CT molecular complexity index is 299. The van der Waals surface area contributed by atoms with E-state index in [2.05, 4.69) is 10.6 Å². The van der Waals surface area contributed by atoms with Crippen LogP contribution in [0.25, 0.3) is 0 Å². The van der Waals surface area contributed by atoms with Crippen LogP contribution in [0, 0.1) is 6.92 Å². The predicted molar refractivity (Wildman–Crippen MR) is 58.0 cm³/mol. The average molecular weight is 214 g/mol. The zero-order chi connectivity index (χ0) is 10.4. The Labute approximate surface area is 87.3 Å². The Hall–Kier alpha value is -1.07. The number of hydrogen-bond donors (Lipinski definition) is 2. The zero-order valence-corrected chi connectivity index (χ0v) is 9.11. The minimum absolute atomic E-state index is 0.191. The third-order valence-electron chi connectivity index (χ3n) is 1.56. The van der Waals surface area contributed by atoms with E-state index in [-0.39, 0.29) is 6.03 Å². The molecule has 0 fully saturated rings. The van der Waals surface area contributed by atoms with Crippen molar-refractivity contribution in [1.29, 1.82) is 0 Å². The number of methoxy groups -OCH3 is 1. The topological polar surface area (TPSA) is 50.4 Å². The highest BCUT2D eigenvalue weighted by atomic mass is 32.1. The first-order valence-electron chi connectivity index (χ1n) is 4.31. The predicted octanol–water partition coefficient (Wildman–Crippen LogP) is 1.82. The Morgan fingerprint density at radius 1 is 1.64 bits per heavy atom. The number of ether oxygens (including phenoxy) is 1. The second-order valence-electron chi connectivity index (χ2n) is 2.86. The third kappa shape index (κ3) is 3.76. The molecule has 0 aliphatic carbocycles. The average Bonchev–Trinajstić information content (AvgIpc) is 2.52. The molecule has 0 aliphatic heterocycles. The number of nitrogens with one attached hydrogen (secondary N) is 2. The number of rotatable bonds is 4. The zero-order valence-electron chi connectivity index (χ0n) is 8.29. The highest BCUT2D eigenvalue weighted by Crippen LogP contribution is 2.18. The largest absolute Gasteiger partial charge is 0.383 e. The summed E-state index contributed by atoms with van der Waals surface area (Å²) in [5, 5.41) is 8.26. The summed E-state index contributed by atoms with van der Waals surface area (Å²) in [5.74, 6) is 0. The number of urea groups is 1. The van der Waals surface area contributed by atoms with Gasteiger partial charge in [-0.05, 0) is 23.9 Å². The highest BCUT2D eigenvalue weighted by Gasteiger charge is 2.01. The minimum Gasteiger partial charge on any atom is -0.383 e. The standard InChI is InChI=1S/C9H14N2O2S/c1-7-5-8(14-6-7)11-9(12)10-3-4-13-2/h5-6H,3-4H2,1-2H3,(H2,10,11,12). The van der Waals surface area contributed by atoms with Crippen LogP contribution in [0.5, 0.6) is 0 Å². The minimum atomic E-state index is -0.191. The van der Waals surface area contributed by atoms with E-state index >= 15 is 0 Å². The van der Waals surface area contributed by atoms with Gasteiger partial charge < -0.3 is 10.1 Å². The van der Waals surface area contributed by atoms with Gasteiger partial charge in [-0.15, -0.1) is 11.3 Å². The van der Waals surface area contributed by atoms with E-state index < -0.39 is 0 Å². The highest BCUT2D eigenvalue weighted by molar-refractivity contribution is 7.14. The fourth-order valence-electron chi connectivity index (χ4n) is 0.920. The summed E-state index contributed by atoms with van der Waals surface area (Å²) in [6.45, 7) is 3.04. The summed E-state index contributed by atoms with van der Waals surface area (Å²) in [6, 6.07) is 1.74. The van der Waals surface area contributed by atoms with Gasteiger partial charge in [0.15, 0.2) is 0 Å². The van der Waals surface area contributed by atoms with Crippen molar-refractivity contribution in [2.24, 2.45) is 0 Å². The van der Waals surface area contributed by atoms with E-state index in [1.54, 1.807) is 7.11 Å². The molecule has 2 N–H and O–H groups in total. The Morgan fingerprint density at radius 2 is 2.43 bits per heavy atom. The molecule has 0 aromatic carbocycles. The molecule has 1 aromatic heterocycles. The molecule has 4 nitrogen and oxygen atoms in total. The van der Waals surface area contributed by atoms with Crippen molar-refractivity contribution in [3.8, 4) is 0 Å². The summed E-state index contributed by atoms with van der Waals surface area (Å²) >= 11 is 1.51. The molecule has 0 atom stereocenters. The van der Waals surface area contributed by atoms with Gasteiger partial charge in [-0.2, -0.15) is 0 Å². The molecule has 0 radical (unpaired) electrons. The third-order valence-corrected chi connectivity index (χ3v) is 2.52. The van der Waals surface area contributed by atoms with Crippen molar-refractivity contribution in [3.63, 3.8) is 0 Å². The second kappa shape index (κ2) is 5.62. The van der Waals surface area contributed by atoms with E-state index in [1.165, 1.54) is 11.3 Å². The molecule has 0 unspecified atom stereocenters. The van der Waals surface area contributed by atoms with Crippen LogP contribution in [0.4, 0.5) is 9.80 Å². The van der Waals surface area contributed by atoms with E-state index in [0.29, 0.717) is 13.2 Å². The fourth-order valence-corrected chi connectivity index (χ4v) is 1.71. The Morgan fingerprint density at radius 3 is 3.00 bits per heavy atom. The summed E-state index contributed by atoms with van der Waals surface area (Å²) in [4.78, 5) is 11.2. The number of carbonyl (C=O) groups is 1. The van der Waals surface area contributed by atoms with Gasteiger partial charge in [-0.3, -0.25) is 5.32 Å². The normalized spacial score (nSPS) is 9.86. The van der Waals surface area contributed by atoms with Crippen LogP contribution < -0.4 is 10.6 Å². The molecule has 14 heavy (non-hydrogen) atoms. The van der Waals surface area contributed by atoms with Crippen LogP contribution >= 0.6 is 11.3 Å². The first-order chi connectivity index (χ1) is 6.72. The summed E-state index contributed by atoms with van der Waals surface area (Å²) in [6.07, 6.45) is 0. The van der Waals surface area contributed by atoms with E-state index in [9.17, 15) is 4.79 Å². The lowest BCUT2D eigenvalue weighted by Crippen LogP contribution is -2.31. The smallest absolute Gasteiger partial charge is 0.319 e. The molecule has 1 rings (SSSR count). The lowest BCUT2D eigenvalue weighted by atomic mass is 10.4. The van der Waals surface area contributed by atoms with Crippen LogP contribution in [-0.4, -0.2) is 26.3 Å². The lowest BCUT2D eigenvalue weighted by Gasteiger charge is -2.04. The molecule has 0 spiro atoms. The molecule has 0 saturated heterocycles. The SMILES string of the molecule is COCCNC(=O)Nc1cc(C)cs1.